The molecule has 1 heterocycles. The van der Waals surface area contributed by atoms with Crippen LogP contribution in [0.3, 0.4) is 0 Å². The van der Waals surface area contributed by atoms with Gasteiger partial charge in [-0.05, 0) is 36.6 Å². The Morgan fingerprint density at radius 3 is 2.52 bits per heavy atom. The van der Waals surface area contributed by atoms with E-state index >= 15 is 0 Å². The molecule has 5 nitrogen and oxygen atoms in total. The Kier molecular flexibility index (Phi) is 5.16. The van der Waals surface area contributed by atoms with E-state index < -0.39 is 41.5 Å². The van der Waals surface area contributed by atoms with Crippen molar-refractivity contribution in [2.45, 2.75) is 13.5 Å². The summed E-state index contributed by atoms with van der Waals surface area (Å²) in [7, 11) is 0. The van der Waals surface area contributed by atoms with Gasteiger partial charge in [-0.3, -0.25) is 9.59 Å². The third-order valence-corrected chi connectivity index (χ3v) is 4.07. The standard InChI is InChI=1S/C19H16F3N3O2/c1-11-8-12-4-2-3-5-15(12)25(11)10-17(27)23-9-16(26)24-14-7-6-13(20)18(21)19(14)22/h2-8H,9-10H2,1H3,(H,23,27)(H,24,26). The Bertz CT molecular complexity index is 1030. The topological polar surface area (TPSA) is 63.1 Å². The van der Waals surface area contributed by atoms with Gasteiger partial charge in [0, 0.05) is 11.2 Å². The van der Waals surface area contributed by atoms with Gasteiger partial charge in [-0.1, -0.05) is 18.2 Å². The van der Waals surface area contributed by atoms with Crippen molar-refractivity contribution in [3.8, 4) is 0 Å². The molecule has 0 fully saturated rings. The van der Waals surface area contributed by atoms with E-state index in [1.54, 1.807) is 4.57 Å². The number of fused-ring (bicyclic) bond motifs is 1. The number of hydrogen-bond donors (Lipinski definition) is 2. The second-order valence-electron chi connectivity index (χ2n) is 5.98. The summed E-state index contributed by atoms with van der Waals surface area (Å²) in [6.45, 7) is 1.44. The van der Waals surface area contributed by atoms with Crippen molar-refractivity contribution in [2.75, 3.05) is 11.9 Å². The van der Waals surface area contributed by atoms with Crippen LogP contribution in [0.4, 0.5) is 18.9 Å². The number of para-hydroxylation sites is 1. The van der Waals surface area contributed by atoms with Crippen LogP contribution < -0.4 is 10.6 Å². The minimum absolute atomic E-state index is 0.00612. The molecule has 140 valence electrons. The van der Waals surface area contributed by atoms with Crippen LogP contribution in [0, 0.1) is 24.4 Å². The molecule has 0 unspecified atom stereocenters. The van der Waals surface area contributed by atoms with E-state index in [1.807, 2.05) is 37.3 Å². The number of aromatic nitrogens is 1. The molecule has 2 aromatic carbocycles. The Morgan fingerprint density at radius 2 is 1.74 bits per heavy atom. The highest BCUT2D eigenvalue weighted by Gasteiger charge is 2.16. The number of carbonyl (C=O) groups excluding carboxylic acids is 2. The fourth-order valence-electron chi connectivity index (χ4n) is 2.75. The first kappa shape index (κ1) is 18.5. The molecule has 0 spiro atoms. The Morgan fingerprint density at radius 1 is 1.00 bits per heavy atom. The molecule has 8 heteroatoms. The number of benzene rings is 2. The van der Waals surface area contributed by atoms with Crippen LogP contribution in [-0.2, 0) is 16.1 Å². The quantitative estimate of drug-likeness (QED) is 0.673. The fraction of sp³-hybridized carbons (Fsp3) is 0.158. The zero-order chi connectivity index (χ0) is 19.6. The molecule has 0 saturated carbocycles. The number of anilines is 1. The highest BCUT2D eigenvalue weighted by Crippen LogP contribution is 2.20. The third-order valence-electron chi connectivity index (χ3n) is 4.07. The van der Waals surface area contributed by atoms with Crippen molar-refractivity contribution in [3.05, 3.63) is 65.6 Å². The number of aryl methyl sites for hydroxylation is 1. The van der Waals surface area contributed by atoms with Crippen LogP contribution in [0.5, 0.6) is 0 Å². The van der Waals surface area contributed by atoms with Crippen molar-refractivity contribution in [1.82, 2.24) is 9.88 Å². The predicted octanol–water partition coefficient (Wildman–Crippen LogP) is 3.12. The molecule has 0 radical (unpaired) electrons. The normalized spacial score (nSPS) is 10.8. The number of nitrogens with zero attached hydrogens (tertiary/aromatic N) is 1. The van der Waals surface area contributed by atoms with Crippen LogP contribution in [0.2, 0.25) is 0 Å². The molecule has 1 aromatic heterocycles. The van der Waals surface area contributed by atoms with Crippen LogP contribution in [0.15, 0.2) is 42.5 Å². The molecule has 2 N–H and O–H groups in total. The molecular weight excluding hydrogens is 359 g/mol. The van der Waals surface area contributed by atoms with Gasteiger partial charge in [0.05, 0.1) is 12.2 Å². The van der Waals surface area contributed by atoms with E-state index in [-0.39, 0.29) is 6.54 Å². The first-order chi connectivity index (χ1) is 12.9. The largest absolute Gasteiger partial charge is 0.345 e. The fourth-order valence-corrected chi connectivity index (χ4v) is 2.75. The van der Waals surface area contributed by atoms with Gasteiger partial charge in [-0.2, -0.15) is 0 Å². The molecule has 27 heavy (non-hydrogen) atoms. The van der Waals surface area contributed by atoms with Crippen molar-refractivity contribution in [2.24, 2.45) is 0 Å². The van der Waals surface area contributed by atoms with Gasteiger partial charge in [0.1, 0.15) is 6.54 Å². The van der Waals surface area contributed by atoms with E-state index in [2.05, 4.69) is 10.6 Å². The maximum atomic E-state index is 13.5. The lowest BCUT2D eigenvalue weighted by Gasteiger charge is -2.10. The summed E-state index contributed by atoms with van der Waals surface area (Å²) >= 11 is 0. The minimum atomic E-state index is -1.67. The molecule has 3 aromatic rings. The molecule has 0 aliphatic rings. The minimum Gasteiger partial charge on any atom is -0.345 e. The maximum absolute atomic E-state index is 13.5. The van der Waals surface area contributed by atoms with E-state index in [1.165, 1.54) is 0 Å². The number of rotatable bonds is 5. The maximum Gasteiger partial charge on any atom is 0.243 e. The smallest absolute Gasteiger partial charge is 0.243 e. The SMILES string of the molecule is Cc1cc2ccccc2n1CC(=O)NCC(=O)Nc1ccc(F)c(F)c1F. The predicted molar refractivity (Wildman–Crippen MR) is 94.6 cm³/mol. The number of amides is 2. The second-order valence-corrected chi connectivity index (χ2v) is 5.98. The third kappa shape index (κ3) is 3.94. The van der Waals surface area contributed by atoms with Crippen molar-refractivity contribution in [1.29, 1.82) is 0 Å². The van der Waals surface area contributed by atoms with Crippen molar-refractivity contribution >= 4 is 28.4 Å². The number of hydrogen-bond acceptors (Lipinski definition) is 2. The lowest BCUT2D eigenvalue weighted by Crippen LogP contribution is -2.35. The van der Waals surface area contributed by atoms with Gasteiger partial charge in [0.25, 0.3) is 0 Å². The van der Waals surface area contributed by atoms with Gasteiger partial charge in [-0.15, -0.1) is 0 Å². The van der Waals surface area contributed by atoms with Gasteiger partial charge in [0.15, 0.2) is 17.5 Å². The van der Waals surface area contributed by atoms with Crippen LogP contribution in [0.25, 0.3) is 10.9 Å². The highest BCUT2D eigenvalue weighted by atomic mass is 19.2. The first-order valence-corrected chi connectivity index (χ1v) is 8.11. The summed E-state index contributed by atoms with van der Waals surface area (Å²) < 4.78 is 41.4. The Labute approximate surface area is 152 Å². The number of halogens is 3. The average Bonchev–Trinajstić information content (AvgIpc) is 2.96. The summed E-state index contributed by atoms with van der Waals surface area (Å²) in [6, 6.07) is 11.1. The van der Waals surface area contributed by atoms with Gasteiger partial charge < -0.3 is 15.2 Å². The van der Waals surface area contributed by atoms with Gasteiger partial charge in [-0.25, -0.2) is 13.2 Å². The monoisotopic (exact) mass is 375 g/mol. The van der Waals surface area contributed by atoms with Crippen molar-refractivity contribution < 1.29 is 22.8 Å². The summed E-state index contributed by atoms with van der Waals surface area (Å²) in [6.07, 6.45) is 0. The zero-order valence-corrected chi connectivity index (χ0v) is 14.4. The lowest BCUT2D eigenvalue weighted by molar-refractivity contribution is -0.124. The molecule has 3 rings (SSSR count). The van der Waals surface area contributed by atoms with E-state index in [0.29, 0.717) is 6.07 Å². The molecular formula is C19H16F3N3O2. The lowest BCUT2D eigenvalue weighted by atomic mass is 10.2. The van der Waals surface area contributed by atoms with E-state index in [0.717, 1.165) is 22.7 Å². The van der Waals surface area contributed by atoms with Gasteiger partial charge in [0.2, 0.25) is 11.8 Å². The molecule has 0 atom stereocenters. The first-order valence-electron chi connectivity index (χ1n) is 8.11. The van der Waals surface area contributed by atoms with Crippen LogP contribution in [-0.4, -0.2) is 22.9 Å². The Hall–Kier alpha value is -3.29. The van der Waals surface area contributed by atoms with Crippen LogP contribution >= 0.6 is 0 Å². The van der Waals surface area contributed by atoms with E-state index in [9.17, 15) is 22.8 Å². The highest BCUT2D eigenvalue weighted by molar-refractivity contribution is 5.94. The number of nitrogens with one attached hydrogen (secondary N) is 2. The molecule has 0 aliphatic heterocycles. The zero-order valence-electron chi connectivity index (χ0n) is 14.4. The second kappa shape index (κ2) is 7.53. The Balaban J connectivity index is 1.60. The molecule has 0 saturated heterocycles. The summed E-state index contributed by atoms with van der Waals surface area (Å²) in [5.41, 5.74) is 1.28. The van der Waals surface area contributed by atoms with Crippen LogP contribution in [0.1, 0.15) is 5.69 Å². The van der Waals surface area contributed by atoms with Crippen molar-refractivity contribution in [3.63, 3.8) is 0 Å². The molecule has 0 bridgehead atoms. The average molecular weight is 375 g/mol. The molecule has 0 aliphatic carbocycles. The van der Waals surface area contributed by atoms with E-state index in [4.69, 9.17) is 0 Å². The summed E-state index contributed by atoms with van der Waals surface area (Å²) in [5.74, 6) is -5.70. The number of carbonyl (C=O) groups is 2. The van der Waals surface area contributed by atoms with Gasteiger partial charge >= 0.3 is 0 Å². The summed E-state index contributed by atoms with van der Waals surface area (Å²) in [5, 5.41) is 5.50. The molecule has 2 amide bonds. The summed E-state index contributed by atoms with van der Waals surface area (Å²) in [4.78, 5) is 24.0.